The Hall–Kier alpha value is -3.11. The number of methoxy groups -OCH3 is 1. The molecule has 0 aliphatic heterocycles. The van der Waals surface area contributed by atoms with Gasteiger partial charge >= 0.3 is 0 Å². The molecule has 0 saturated carbocycles. The van der Waals surface area contributed by atoms with Crippen molar-refractivity contribution < 1.29 is 17.5 Å². The molecule has 2 aromatic carbocycles. The Bertz CT molecular complexity index is 1250. The summed E-state index contributed by atoms with van der Waals surface area (Å²) in [5, 5.41) is 13.7. The van der Waals surface area contributed by atoms with Crippen molar-refractivity contribution in [1.29, 1.82) is 0 Å². The lowest BCUT2D eigenvalue weighted by atomic mass is 10.1. The van der Waals surface area contributed by atoms with Gasteiger partial charge in [0.15, 0.2) is 9.84 Å². The number of hydrogen-bond acceptors (Lipinski definition) is 7. The number of hydrogen-bond donors (Lipinski definition) is 1. The fourth-order valence-electron chi connectivity index (χ4n) is 2.88. The number of ether oxygens (including phenoxy) is 1. The van der Waals surface area contributed by atoms with Gasteiger partial charge < -0.3 is 4.74 Å². The van der Waals surface area contributed by atoms with E-state index in [1.54, 1.807) is 30.3 Å². The predicted octanol–water partition coefficient (Wildman–Crippen LogP) is 3.72. The van der Waals surface area contributed by atoms with Crippen LogP contribution in [0.4, 0.5) is 4.39 Å². The van der Waals surface area contributed by atoms with Crippen molar-refractivity contribution in [3.8, 4) is 27.6 Å². The Balaban J connectivity index is 1.63. The number of benzene rings is 2. The zero-order chi connectivity index (χ0) is 20.4. The summed E-state index contributed by atoms with van der Waals surface area (Å²) in [7, 11) is -2.11. The van der Waals surface area contributed by atoms with Crippen molar-refractivity contribution in [2.75, 3.05) is 7.11 Å². The van der Waals surface area contributed by atoms with Crippen molar-refractivity contribution >= 4 is 21.2 Å². The number of rotatable bonds is 6. The van der Waals surface area contributed by atoms with Crippen LogP contribution in [0.1, 0.15) is 5.56 Å². The molecule has 0 unspecified atom stereocenters. The first kappa shape index (κ1) is 19.2. The second-order valence-corrected chi connectivity index (χ2v) is 9.46. The normalized spacial score (nSPS) is 11.5. The van der Waals surface area contributed by atoms with Gasteiger partial charge in [0.05, 0.1) is 12.9 Å². The summed E-state index contributed by atoms with van der Waals surface area (Å²) in [6.45, 7) is 0. The summed E-state index contributed by atoms with van der Waals surface area (Å²) >= 11 is 1.08. The van der Waals surface area contributed by atoms with Crippen molar-refractivity contribution in [3.63, 3.8) is 0 Å². The molecule has 0 atom stereocenters. The average molecular weight is 430 g/mol. The van der Waals surface area contributed by atoms with Crippen LogP contribution in [0.15, 0.2) is 58.8 Å². The van der Waals surface area contributed by atoms with Crippen LogP contribution in [-0.2, 0) is 15.6 Å². The fourth-order valence-corrected chi connectivity index (χ4v) is 5.63. The van der Waals surface area contributed by atoms with E-state index in [0.29, 0.717) is 33.1 Å². The minimum absolute atomic E-state index is 0.182. The van der Waals surface area contributed by atoms with Gasteiger partial charge in [-0.2, -0.15) is 5.21 Å². The molecule has 10 heteroatoms. The first-order chi connectivity index (χ1) is 14.0. The maximum Gasteiger partial charge on any atom is 0.204 e. The molecule has 0 aliphatic rings. The highest BCUT2D eigenvalue weighted by molar-refractivity contribution is 7.92. The van der Waals surface area contributed by atoms with Crippen LogP contribution in [0.25, 0.3) is 21.8 Å². The van der Waals surface area contributed by atoms with E-state index >= 15 is 0 Å². The predicted molar refractivity (Wildman–Crippen MR) is 107 cm³/mol. The topological polar surface area (TPSA) is 97.8 Å². The highest BCUT2D eigenvalue weighted by Crippen LogP contribution is 2.37. The van der Waals surface area contributed by atoms with Crippen LogP contribution < -0.4 is 4.74 Å². The van der Waals surface area contributed by atoms with Crippen molar-refractivity contribution in [2.45, 2.75) is 9.96 Å². The van der Waals surface area contributed by atoms with E-state index in [4.69, 9.17) is 4.74 Å². The molecule has 0 radical (unpaired) electrons. The van der Waals surface area contributed by atoms with E-state index < -0.39 is 15.7 Å². The molecule has 0 bridgehead atoms. The third-order valence-corrected chi connectivity index (χ3v) is 7.59. The number of aromatic amines is 1. The summed E-state index contributed by atoms with van der Waals surface area (Å²) in [4.78, 5) is 0.612. The maximum atomic E-state index is 13.7. The van der Waals surface area contributed by atoms with Crippen LogP contribution in [-0.4, -0.2) is 36.2 Å². The highest BCUT2D eigenvalue weighted by atomic mass is 32.2. The Labute approximate surface area is 170 Å². The molecule has 4 rings (SSSR count). The van der Waals surface area contributed by atoms with Gasteiger partial charge in [0.25, 0.3) is 0 Å². The van der Waals surface area contributed by atoms with Gasteiger partial charge in [-0.05, 0) is 47.2 Å². The lowest BCUT2D eigenvalue weighted by molar-refractivity contribution is 0.415. The van der Waals surface area contributed by atoms with Crippen LogP contribution in [0.3, 0.4) is 0 Å². The quantitative estimate of drug-likeness (QED) is 0.501. The zero-order valence-corrected chi connectivity index (χ0v) is 16.8. The maximum absolute atomic E-state index is 13.7. The molecular formula is C19H15FN4O3S2. The molecule has 0 saturated heterocycles. The second kappa shape index (κ2) is 7.72. The number of H-pyrrole nitrogens is 1. The molecule has 1 N–H and O–H groups in total. The molecule has 0 amide bonds. The number of aromatic nitrogens is 4. The lowest BCUT2D eigenvalue weighted by Crippen LogP contribution is -2.03. The number of thiophene rings is 1. The smallest absolute Gasteiger partial charge is 0.204 e. The van der Waals surface area contributed by atoms with E-state index in [9.17, 15) is 12.8 Å². The number of tetrazole rings is 1. The van der Waals surface area contributed by atoms with Gasteiger partial charge in [-0.25, -0.2) is 12.8 Å². The van der Waals surface area contributed by atoms with E-state index in [1.807, 2.05) is 0 Å². The molecular weight excluding hydrogens is 415 g/mol. The van der Waals surface area contributed by atoms with Crippen molar-refractivity contribution in [2.24, 2.45) is 0 Å². The van der Waals surface area contributed by atoms with Crippen molar-refractivity contribution in [3.05, 3.63) is 66.0 Å². The first-order valence-electron chi connectivity index (χ1n) is 8.45. The molecule has 0 spiro atoms. The van der Waals surface area contributed by atoms with Crippen LogP contribution in [0.5, 0.6) is 5.75 Å². The molecule has 29 heavy (non-hydrogen) atoms. The molecule has 4 aromatic rings. The third-order valence-electron chi connectivity index (χ3n) is 4.20. The summed E-state index contributed by atoms with van der Waals surface area (Å²) in [6.07, 6.45) is 0. The zero-order valence-electron chi connectivity index (χ0n) is 15.2. The molecule has 7 nitrogen and oxygen atoms in total. The van der Waals surface area contributed by atoms with Gasteiger partial charge in [0.1, 0.15) is 15.8 Å². The van der Waals surface area contributed by atoms with Crippen molar-refractivity contribution in [1.82, 2.24) is 20.6 Å². The van der Waals surface area contributed by atoms with E-state index in [-0.39, 0.29) is 9.96 Å². The molecule has 0 aliphatic carbocycles. The molecule has 148 valence electrons. The van der Waals surface area contributed by atoms with E-state index in [1.165, 1.54) is 31.4 Å². The number of nitrogens with zero attached hydrogens (tertiary/aromatic N) is 3. The lowest BCUT2D eigenvalue weighted by Gasteiger charge is -2.06. The largest absolute Gasteiger partial charge is 0.496 e. The Morgan fingerprint density at radius 3 is 2.76 bits per heavy atom. The second-order valence-electron chi connectivity index (χ2n) is 6.16. The third kappa shape index (κ3) is 4.03. The number of halogens is 1. The Morgan fingerprint density at radius 1 is 1.14 bits per heavy atom. The van der Waals surface area contributed by atoms with Crippen LogP contribution in [0, 0.1) is 5.82 Å². The first-order valence-corrected chi connectivity index (χ1v) is 10.9. The Morgan fingerprint density at radius 2 is 2.00 bits per heavy atom. The highest BCUT2D eigenvalue weighted by Gasteiger charge is 2.20. The molecule has 2 heterocycles. The average Bonchev–Trinajstić information content (AvgIpc) is 3.40. The number of sulfone groups is 1. The van der Waals surface area contributed by atoms with Gasteiger partial charge in [0, 0.05) is 16.0 Å². The standard InChI is InChI=1S/C19H15FN4O3S2/c1-27-16-6-5-14(20)10-15(16)17-7-8-18(28-17)29(25,26)11-12-3-2-4-13(9-12)19-21-23-24-22-19/h2-10H,11H2,1H3,(H,21,22,23,24). The summed E-state index contributed by atoms with van der Waals surface area (Å²) in [5.74, 6) is 0.265. The number of nitrogens with one attached hydrogen (secondary N) is 1. The monoisotopic (exact) mass is 430 g/mol. The summed E-state index contributed by atoms with van der Waals surface area (Å²) in [5.41, 5.74) is 1.78. The molecule has 2 aromatic heterocycles. The minimum Gasteiger partial charge on any atom is -0.496 e. The summed E-state index contributed by atoms with van der Waals surface area (Å²) < 4.78 is 45.0. The van der Waals surface area contributed by atoms with Gasteiger partial charge in [-0.1, -0.05) is 18.2 Å². The van der Waals surface area contributed by atoms with E-state index in [0.717, 1.165) is 11.3 Å². The fraction of sp³-hybridized carbons (Fsp3) is 0.105. The van der Waals surface area contributed by atoms with Gasteiger partial charge in [0.2, 0.25) is 5.82 Å². The van der Waals surface area contributed by atoms with Gasteiger partial charge in [-0.3, -0.25) is 0 Å². The van der Waals surface area contributed by atoms with E-state index in [2.05, 4.69) is 20.6 Å². The minimum atomic E-state index is -3.60. The summed E-state index contributed by atoms with van der Waals surface area (Å²) in [6, 6.07) is 14.3. The van der Waals surface area contributed by atoms with Crippen LogP contribution in [0.2, 0.25) is 0 Å². The SMILES string of the molecule is COc1ccc(F)cc1-c1ccc(S(=O)(=O)Cc2cccc(-c3nn[nH]n3)c2)s1. The van der Waals surface area contributed by atoms with Gasteiger partial charge in [-0.15, -0.1) is 21.5 Å². The Kier molecular flexibility index (Phi) is 5.12. The molecule has 0 fully saturated rings. The van der Waals surface area contributed by atoms with Crippen LogP contribution >= 0.6 is 11.3 Å².